The van der Waals surface area contributed by atoms with Gasteiger partial charge in [0.25, 0.3) is 0 Å². The minimum absolute atomic E-state index is 0.108. The molecule has 0 aromatic carbocycles. The second kappa shape index (κ2) is 9.65. The first-order valence-electron chi connectivity index (χ1n) is 7.97. The number of unbranched alkanes of at least 4 members (excludes halogenated alkanes) is 4. The van der Waals surface area contributed by atoms with Gasteiger partial charge in [-0.3, -0.25) is 0 Å². The lowest BCUT2D eigenvalue weighted by Crippen LogP contribution is -2.36. The Morgan fingerprint density at radius 2 is 1.59 bits per heavy atom. The van der Waals surface area contributed by atoms with Crippen molar-refractivity contribution in [1.29, 1.82) is 0 Å². The summed E-state index contributed by atoms with van der Waals surface area (Å²) >= 11 is 0. The van der Waals surface area contributed by atoms with Gasteiger partial charge in [0, 0.05) is 19.6 Å². The molecule has 1 unspecified atom stereocenters. The van der Waals surface area contributed by atoms with Gasteiger partial charge in [-0.2, -0.15) is 22.0 Å². The standard InChI is InChI=1S/C15H25F5O2/c16-14(17,15(18,19)20)9-5-2-1-3-6-10-21-12-13-8-4-7-11-22-13/h13H,1-12H2. The third kappa shape index (κ3) is 7.72. The van der Waals surface area contributed by atoms with E-state index in [1.165, 1.54) is 0 Å². The van der Waals surface area contributed by atoms with Gasteiger partial charge in [0.05, 0.1) is 12.7 Å². The third-order valence-electron chi connectivity index (χ3n) is 3.77. The largest absolute Gasteiger partial charge is 0.453 e. The van der Waals surface area contributed by atoms with Crippen LogP contribution in [0.2, 0.25) is 0 Å². The zero-order valence-corrected chi connectivity index (χ0v) is 12.8. The molecule has 7 heteroatoms. The fraction of sp³-hybridized carbons (Fsp3) is 1.00. The predicted molar refractivity (Wildman–Crippen MR) is 73.1 cm³/mol. The molecule has 0 radical (unpaired) electrons. The van der Waals surface area contributed by atoms with Crippen molar-refractivity contribution in [2.24, 2.45) is 0 Å². The SMILES string of the molecule is FC(F)(F)C(F)(F)CCCCCCCOCC1CCCCO1. The maximum absolute atomic E-state index is 12.6. The highest BCUT2D eigenvalue weighted by atomic mass is 19.4. The summed E-state index contributed by atoms with van der Waals surface area (Å²) in [4.78, 5) is 0. The van der Waals surface area contributed by atoms with E-state index in [4.69, 9.17) is 9.47 Å². The Labute approximate surface area is 128 Å². The summed E-state index contributed by atoms with van der Waals surface area (Å²) in [6.07, 6.45) is -0.580. The van der Waals surface area contributed by atoms with Crippen molar-refractivity contribution in [3.63, 3.8) is 0 Å². The van der Waals surface area contributed by atoms with Crippen molar-refractivity contribution in [2.75, 3.05) is 19.8 Å². The summed E-state index contributed by atoms with van der Waals surface area (Å²) in [6.45, 7) is 1.95. The number of hydrogen-bond donors (Lipinski definition) is 0. The molecule has 1 fully saturated rings. The Morgan fingerprint density at radius 3 is 2.23 bits per heavy atom. The molecule has 0 bridgehead atoms. The van der Waals surface area contributed by atoms with Crippen LogP contribution in [0.25, 0.3) is 0 Å². The van der Waals surface area contributed by atoms with Gasteiger partial charge < -0.3 is 9.47 Å². The van der Waals surface area contributed by atoms with Crippen molar-refractivity contribution >= 4 is 0 Å². The maximum Gasteiger partial charge on any atom is 0.453 e. The van der Waals surface area contributed by atoms with Gasteiger partial charge in [-0.1, -0.05) is 19.3 Å². The smallest absolute Gasteiger partial charge is 0.379 e. The average Bonchev–Trinajstić information content (AvgIpc) is 2.45. The summed E-state index contributed by atoms with van der Waals surface area (Å²) in [6, 6.07) is 0. The summed E-state index contributed by atoms with van der Waals surface area (Å²) < 4.78 is 72.0. The van der Waals surface area contributed by atoms with Gasteiger partial charge in [0.2, 0.25) is 0 Å². The predicted octanol–water partition coefficient (Wildman–Crippen LogP) is 5.11. The zero-order chi connectivity index (χ0) is 16.5. The lowest BCUT2D eigenvalue weighted by Gasteiger charge is -2.22. The molecule has 0 spiro atoms. The molecule has 22 heavy (non-hydrogen) atoms. The first kappa shape index (κ1) is 19.6. The number of rotatable bonds is 10. The molecule has 0 N–H and O–H groups in total. The van der Waals surface area contributed by atoms with E-state index in [1.54, 1.807) is 0 Å². The van der Waals surface area contributed by atoms with Gasteiger partial charge in [-0.05, 0) is 32.1 Å². The van der Waals surface area contributed by atoms with E-state index in [-0.39, 0.29) is 12.5 Å². The van der Waals surface area contributed by atoms with Crippen LogP contribution in [0.4, 0.5) is 22.0 Å². The van der Waals surface area contributed by atoms with Gasteiger partial charge >= 0.3 is 12.1 Å². The Bertz CT molecular complexity index is 288. The molecule has 1 aliphatic heterocycles. The Hall–Kier alpha value is -0.430. The molecule has 132 valence electrons. The van der Waals surface area contributed by atoms with Crippen LogP contribution >= 0.6 is 0 Å². The van der Waals surface area contributed by atoms with Crippen LogP contribution in [-0.4, -0.2) is 38.0 Å². The fourth-order valence-electron chi connectivity index (χ4n) is 2.38. The van der Waals surface area contributed by atoms with Crippen molar-refractivity contribution in [1.82, 2.24) is 0 Å². The lowest BCUT2D eigenvalue weighted by atomic mass is 10.1. The van der Waals surface area contributed by atoms with Gasteiger partial charge in [0.1, 0.15) is 0 Å². The fourth-order valence-corrected chi connectivity index (χ4v) is 2.38. The summed E-state index contributed by atoms with van der Waals surface area (Å²) in [5.74, 6) is -4.56. The molecule has 0 aliphatic carbocycles. The Morgan fingerprint density at radius 1 is 0.909 bits per heavy atom. The molecule has 0 aromatic heterocycles. The zero-order valence-electron chi connectivity index (χ0n) is 12.8. The van der Waals surface area contributed by atoms with Crippen molar-refractivity contribution in [3.05, 3.63) is 0 Å². The first-order valence-corrected chi connectivity index (χ1v) is 7.97. The van der Waals surface area contributed by atoms with Crippen LogP contribution in [0.1, 0.15) is 57.8 Å². The molecule has 0 saturated carbocycles. The monoisotopic (exact) mass is 332 g/mol. The van der Waals surface area contributed by atoms with E-state index >= 15 is 0 Å². The molecular formula is C15H25F5O2. The molecule has 1 heterocycles. The summed E-state index contributed by atoms with van der Waals surface area (Å²) in [5, 5.41) is 0. The van der Waals surface area contributed by atoms with Crippen LogP contribution in [0.15, 0.2) is 0 Å². The van der Waals surface area contributed by atoms with Crippen LogP contribution < -0.4 is 0 Å². The Balaban J connectivity index is 1.89. The number of halogens is 5. The van der Waals surface area contributed by atoms with Crippen LogP contribution in [0.3, 0.4) is 0 Å². The van der Waals surface area contributed by atoms with Crippen LogP contribution in [-0.2, 0) is 9.47 Å². The molecule has 1 aliphatic rings. The highest BCUT2D eigenvalue weighted by molar-refractivity contribution is 4.75. The Kier molecular flexibility index (Phi) is 8.61. The normalized spacial score (nSPS) is 20.3. The second-order valence-corrected chi connectivity index (χ2v) is 5.78. The van der Waals surface area contributed by atoms with Crippen LogP contribution in [0, 0.1) is 0 Å². The van der Waals surface area contributed by atoms with Gasteiger partial charge in [0.15, 0.2) is 0 Å². The van der Waals surface area contributed by atoms with Gasteiger partial charge in [-0.25, -0.2) is 0 Å². The molecule has 0 amide bonds. The number of hydrogen-bond acceptors (Lipinski definition) is 2. The van der Waals surface area contributed by atoms with Crippen LogP contribution in [0.5, 0.6) is 0 Å². The molecule has 1 rings (SSSR count). The minimum Gasteiger partial charge on any atom is -0.379 e. The maximum atomic E-state index is 12.6. The van der Waals surface area contributed by atoms with E-state index in [1.807, 2.05) is 0 Å². The molecule has 1 saturated heterocycles. The quantitative estimate of drug-likeness (QED) is 0.409. The second-order valence-electron chi connectivity index (χ2n) is 5.78. The van der Waals surface area contributed by atoms with Crippen molar-refractivity contribution < 1.29 is 31.4 Å². The third-order valence-corrected chi connectivity index (χ3v) is 3.77. The van der Waals surface area contributed by atoms with Gasteiger partial charge in [-0.15, -0.1) is 0 Å². The van der Waals surface area contributed by atoms with E-state index in [0.717, 1.165) is 38.7 Å². The average molecular weight is 332 g/mol. The minimum atomic E-state index is -5.43. The summed E-state index contributed by atoms with van der Waals surface area (Å²) in [5.41, 5.74) is 0. The van der Waals surface area contributed by atoms with Crippen molar-refractivity contribution in [2.45, 2.75) is 76.0 Å². The van der Waals surface area contributed by atoms with E-state index < -0.39 is 18.5 Å². The van der Waals surface area contributed by atoms with E-state index in [9.17, 15) is 22.0 Å². The van der Waals surface area contributed by atoms with E-state index in [0.29, 0.717) is 26.1 Å². The lowest BCUT2D eigenvalue weighted by molar-refractivity contribution is -0.284. The topological polar surface area (TPSA) is 18.5 Å². The van der Waals surface area contributed by atoms with Crippen molar-refractivity contribution in [3.8, 4) is 0 Å². The van der Waals surface area contributed by atoms with E-state index in [2.05, 4.69) is 0 Å². The highest BCUT2D eigenvalue weighted by Crippen LogP contribution is 2.39. The molecule has 2 nitrogen and oxygen atoms in total. The molecular weight excluding hydrogens is 307 g/mol. The summed E-state index contributed by atoms with van der Waals surface area (Å²) in [7, 11) is 0. The highest BCUT2D eigenvalue weighted by Gasteiger charge is 2.56. The number of alkyl halides is 5. The number of ether oxygens (including phenoxy) is 2. The first-order chi connectivity index (χ1) is 10.3. The molecule has 1 atom stereocenters. The molecule has 0 aromatic rings.